The zero-order valence-electron chi connectivity index (χ0n) is 11.0. The number of amides is 1. The fourth-order valence-electron chi connectivity index (χ4n) is 2.32. The van der Waals surface area contributed by atoms with E-state index in [-0.39, 0.29) is 18.3 Å². The average molecular weight is 302 g/mol. The maximum atomic E-state index is 12.1. The molecule has 2 N–H and O–H groups in total. The summed E-state index contributed by atoms with van der Waals surface area (Å²) in [6.07, 6.45) is 4.52. The smallest absolute Gasteiger partial charge is 0.233 e. The van der Waals surface area contributed by atoms with Gasteiger partial charge in [0.05, 0.1) is 5.75 Å². The first-order valence-corrected chi connectivity index (χ1v) is 7.21. The van der Waals surface area contributed by atoms with E-state index in [0.717, 1.165) is 17.9 Å². The van der Waals surface area contributed by atoms with Gasteiger partial charge in [-0.1, -0.05) is 0 Å². The summed E-state index contributed by atoms with van der Waals surface area (Å²) in [7, 11) is 0. The monoisotopic (exact) mass is 301 g/mol. The molecule has 1 aliphatic rings. The minimum atomic E-state index is 0. The predicted octanol–water partition coefficient (Wildman–Crippen LogP) is 1.79. The van der Waals surface area contributed by atoms with Crippen molar-refractivity contribution >= 4 is 30.1 Å². The summed E-state index contributed by atoms with van der Waals surface area (Å²) in [5.74, 6) is 1.17. The number of carbonyl (C=O) groups is 1. The van der Waals surface area contributed by atoms with Crippen molar-refractivity contribution in [1.82, 2.24) is 9.88 Å². The number of halogens is 1. The third-order valence-corrected chi connectivity index (χ3v) is 4.32. The van der Waals surface area contributed by atoms with Crippen LogP contribution < -0.4 is 5.73 Å². The number of thioether (sulfide) groups is 1. The van der Waals surface area contributed by atoms with Gasteiger partial charge < -0.3 is 10.6 Å². The van der Waals surface area contributed by atoms with Gasteiger partial charge in [-0.2, -0.15) is 0 Å². The minimum absolute atomic E-state index is 0. The highest BCUT2D eigenvalue weighted by molar-refractivity contribution is 8.00. The van der Waals surface area contributed by atoms with Gasteiger partial charge >= 0.3 is 0 Å². The molecule has 1 saturated heterocycles. The van der Waals surface area contributed by atoms with Crippen LogP contribution in [0.2, 0.25) is 0 Å². The summed E-state index contributed by atoms with van der Waals surface area (Å²) in [5.41, 5.74) is 5.67. The molecule has 2 unspecified atom stereocenters. The SMILES string of the molecule is CC1CC(CN)CN1C(=O)CSc1ccncc1.Cl. The van der Waals surface area contributed by atoms with Crippen LogP contribution in [0.15, 0.2) is 29.4 Å². The molecule has 1 aromatic rings. The molecule has 0 aliphatic carbocycles. The summed E-state index contributed by atoms with van der Waals surface area (Å²) in [6.45, 7) is 3.59. The lowest BCUT2D eigenvalue weighted by Gasteiger charge is -2.21. The van der Waals surface area contributed by atoms with E-state index in [1.165, 1.54) is 0 Å². The van der Waals surface area contributed by atoms with Crippen LogP contribution in [0.3, 0.4) is 0 Å². The molecule has 2 atom stereocenters. The molecule has 19 heavy (non-hydrogen) atoms. The zero-order chi connectivity index (χ0) is 13.0. The number of pyridine rings is 1. The first kappa shape index (κ1) is 16.3. The Bertz CT molecular complexity index is 404. The lowest BCUT2D eigenvalue weighted by atomic mass is 10.1. The molecular formula is C13H20ClN3OS. The van der Waals surface area contributed by atoms with Crippen LogP contribution in [0.4, 0.5) is 0 Å². The molecule has 0 radical (unpaired) electrons. The van der Waals surface area contributed by atoms with Crippen molar-refractivity contribution in [3.63, 3.8) is 0 Å². The van der Waals surface area contributed by atoms with Crippen LogP contribution in [0.1, 0.15) is 13.3 Å². The number of nitrogens with two attached hydrogens (primary N) is 1. The van der Waals surface area contributed by atoms with Crippen molar-refractivity contribution in [2.45, 2.75) is 24.3 Å². The molecule has 1 amide bonds. The molecule has 1 aromatic heterocycles. The molecule has 2 rings (SSSR count). The van der Waals surface area contributed by atoms with Gasteiger partial charge in [0.15, 0.2) is 0 Å². The van der Waals surface area contributed by atoms with Gasteiger partial charge in [0.2, 0.25) is 5.91 Å². The lowest BCUT2D eigenvalue weighted by molar-refractivity contribution is -0.128. The topological polar surface area (TPSA) is 59.2 Å². The van der Waals surface area contributed by atoms with E-state index in [4.69, 9.17) is 5.73 Å². The Hall–Kier alpha value is -0.780. The summed E-state index contributed by atoms with van der Waals surface area (Å²) in [5, 5.41) is 0. The van der Waals surface area contributed by atoms with Crippen LogP contribution in [-0.4, -0.2) is 40.7 Å². The molecule has 6 heteroatoms. The van der Waals surface area contributed by atoms with E-state index >= 15 is 0 Å². The normalized spacial score (nSPS) is 22.1. The standard InChI is InChI=1S/C13H19N3OS.ClH/c1-10-6-11(7-14)8-16(10)13(17)9-18-12-2-4-15-5-3-12;/h2-5,10-11H,6-9,14H2,1H3;1H. The number of carbonyl (C=O) groups excluding carboxylic acids is 1. The Morgan fingerprint density at radius 2 is 2.21 bits per heavy atom. The van der Waals surface area contributed by atoms with Crippen molar-refractivity contribution in [3.8, 4) is 0 Å². The molecule has 1 fully saturated rings. The molecule has 4 nitrogen and oxygen atoms in total. The molecule has 106 valence electrons. The zero-order valence-corrected chi connectivity index (χ0v) is 12.6. The number of rotatable bonds is 4. The Balaban J connectivity index is 0.00000180. The number of hydrogen-bond acceptors (Lipinski definition) is 4. The first-order valence-electron chi connectivity index (χ1n) is 6.23. The molecule has 2 heterocycles. The van der Waals surface area contributed by atoms with Gasteiger partial charge in [0, 0.05) is 29.9 Å². The van der Waals surface area contributed by atoms with E-state index in [0.29, 0.717) is 24.3 Å². The van der Waals surface area contributed by atoms with E-state index in [1.807, 2.05) is 17.0 Å². The highest BCUT2D eigenvalue weighted by Gasteiger charge is 2.31. The predicted molar refractivity (Wildman–Crippen MR) is 80.5 cm³/mol. The first-order chi connectivity index (χ1) is 8.70. The van der Waals surface area contributed by atoms with Crippen molar-refractivity contribution in [3.05, 3.63) is 24.5 Å². The maximum absolute atomic E-state index is 12.1. The quantitative estimate of drug-likeness (QED) is 0.862. The van der Waals surface area contributed by atoms with Crippen molar-refractivity contribution in [1.29, 1.82) is 0 Å². The van der Waals surface area contributed by atoms with Crippen molar-refractivity contribution in [2.75, 3.05) is 18.8 Å². The number of nitrogens with zero attached hydrogens (tertiary/aromatic N) is 2. The van der Waals surface area contributed by atoms with Gasteiger partial charge in [-0.3, -0.25) is 9.78 Å². The number of likely N-dealkylation sites (tertiary alicyclic amines) is 1. The highest BCUT2D eigenvalue weighted by Crippen LogP contribution is 2.24. The van der Waals surface area contributed by atoms with Gasteiger partial charge in [0.25, 0.3) is 0 Å². The minimum Gasteiger partial charge on any atom is -0.339 e. The summed E-state index contributed by atoms with van der Waals surface area (Å²) >= 11 is 1.56. The number of aromatic nitrogens is 1. The van der Waals surface area contributed by atoms with E-state index in [1.54, 1.807) is 24.2 Å². The van der Waals surface area contributed by atoms with Gasteiger partial charge in [-0.25, -0.2) is 0 Å². The van der Waals surface area contributed by atoms with E-state index in [9.17, 15) is 4.79 Å². The average Bonchev–Trinajstić information content (AvgIpc) is 2.78. The molecule has 0 spiro atoms. The number of hydrogen-bond donors (Lipinski definition) is 1. The van der Waals surface area contributed by atoms with Crippen LogP contribution in [0.5, 0.6) is 0 Å². The van der Waals surface area contributed by atoms with E-state index < -0.39 is 0 Å². The Kier molecular flexibility index (Phi) is 6.62. The summed E-state index contributed by atoms with van der Waals surface area (Å²) in [4.78, 5) is 19.1. The maximum Gasteiger partial charge on any atom is 0.233 e. The second-order valence-corrected chi connectivity index (χ2v) is 5.75. The van der Waals surface area contributed by atoms with Crippen LogP contribution in [0.25, 0.3) is 0 Å². The second-order valence-electron chi connectivity index (χ2n) is 4.70. The molecule has 0 aromatic carbocycles. The van der Waals surface area contributed by atoms with Crippen LogP contribution in [-0.2, 0) is 4.79 Å². The van der Waals surface area contributed by atoms with E-state index in [2.05, 4.69) is 11.9 Å². The van der Waals surface area contributed by atoms with Crippen LogP contribution >= 0.6 is 24.2 Å². The molecule has 1 aliphatic heterocycles. The summed E-state index contributed by atoms with van der Waals surface area (Å²) in [6, 6.07) is 4.17. The molecule has 0 saturated carbocycles. The lowest BCUT2D eigenvalue weighted by Crippen LogP contribution is -2.35. The van der Waals surface area contributed by atoms with Gasteiger partial charge in [0.1, 0.15) is 0 Å². The second kappa shape index (κ2) is 7.72. The third-order valence-electron chi connectivity index (χ3n) is 3.33. The van der Waals surface area contributed by atoms with Gasteiger partial charge in [-0.15, -0.1) is 24.2 Å². The largest absolute Gasteiger partial charge is 0.339 e. The summed E-state index contributed by atoms with van der Waals surface area (Å²) < 4.78 is 0. The molecule has 0 bridgehead atoms. The van der Waals surface area contributed by atoms with Crippen molar-refractivity contribution < 1.29 is 4.79 Å². The van der Waals surface area contributed by atoms with Crippen LogP contribution in [0, 0.1) is 5.92 Å². The Labute approximate surface area is 124 Å². The van der Waals surface area contributed by atoms with Gasteiger partial charge in [-0.05, 0) is 37.9 Å². The fraction of sp³-hybridized carbons (Fsp3) is 0.538. The van der Waals surface area contributed by atoms with Crippen molar-refractivity contribution in [2.24, 2.45) is 11.7 Å². The molecular weight excluding hydrogens is 282 g/mol. The highest BCUT2D eigenvalue weighted by atomic mass is 35.5. The third kappa shape index (κ3) is 4.37. The fourth-order valence-corrected chi connectivity index (χ4v) is 3.09. The Morgan fingerprint density at radius 3 is 2.79 bits per heavy atom. The Morgan fingerprint density at radius 1 is 1.53 bits per heavy atom.